The summed E-state index contributed by atoms with van der Waals surface area (Å²) >= 11 is 0. The fraction of sp³-hybridized carbons (Fsp3) is 0.923. The summed E-state index contributed by atoms with van der Waals surface area (Å²) < 4.78 is 0. The van der Waals surface area contributed by atoms with Crippen LogP contribution in [0, 0.1) is 5.92 Å². The molecule has 17 heavy (non-hydrogen) atoms. The number of carbonyl (C=O) groups excluding carboxylic acids is 1. The summed E-state index contributed by atoms with van der Waals surface area (Å²) in [6.45, 7) is 6.69. The van der Waals surface area contributed by atoms with Gasteiger partial charge in [0.05, 0.1) is 0 Å². The molecule has 0 aromatic rings. The average molecular weight is 242 g/mol. The van der Waals surface area contributed by atoms with Gasteiger partial charge in [-0.2, -0.15) is 0 Å². The van der Waals surface area contributed by atoms with E-state index in [1.165, 1.54) is 25.9 Å². The molecule has 0 aliphatic carbocycles. The first-order valence-electron chi connectivity index (χ1n) is 6.86. The van der Waals surface area contributed by atoms with Crippen molar-refractivity contribution in [2.45, 2.75) is 39.0 Å². The topological polar surface area (TPSA) is 52.6 Å². The van der Waals surface area contributed by atoms with Gasteiger partial charge in [-0.05, 0) is 51.2 Å². The number of carbonyl (C=O) groups is 1. The van der Waals surface area contributed by atoms with Gasteiger partial charge in [0.15, 0.2) is 0 Å². The molecule has 1 aliphatic heterocycles. The minimum atomic E-state index is 0.136. The zero-order valence-electron chi connectivity index (χ0n) is 11.0. The monoisotopic (exact) mass is 242 g/mol. The molecule has 0 radical (unpaired) electrons. The second kappa shape index (κ2) is 8.48. The largest absolute Gasteiger partial charge is 0.396 e. The van der Waals surface area contributed by atoms with Gasteiger partial charge in [0.1, 0.15) is 0 Å². The molecule has 0 spiro atoms. The predicted octanol–water partition coefficient (Wildman–Crippen LogP) is 0.997. The number of likely N-dealkylation sites (tertiary alicyclic amines) is 1. The number of aliphatic hydroxyl groups is 1. The summed E-state index contributed by atoms with van der Waals surface area (Å²) in [4.78, 5) is 13.9. The lowest BCUT2D eigenvalue weighted by Gasteiger charge is -2.31. The van der Waals surface area contributed by atoms with Crippen molar-refractivity contribution in [3.8, 4) is 0 Å². The van der Waals surface area contributed by atoms with E-state index in [0.717, 1.165) is 25.9 Å². The van der Waals surface area contributed by atoms with Gasteiger partial charge in [-0.25, -0.2) is 0 Å². The summed E-state index contributed by atoms with van der Waals surface area (Å²) in [5, 5.41) is 11.6. The number of hydrogen-bond acceptors (Lipinski definition) is 3. The molecule has 4 nitrogen and oxygen atoms in total. The van der Waals surface area contributed by atoms with Gasteiger partial charge in [-0.3, -0.25) is 4.79 Å². The number of unbranched alkanes of at least 4 members (excludes halogenated alkanes) is 1. The molecule has 1 heterocycles. The normalized spacial score (nSPS) is 18.2. The number of amides is 1. The van der Waals surface area contributed by atoms with Crippen LogP contribution in [0.15, 0.2) is 0 Å². The highest BCUT2D eigenvalue weighted by atomic mass is 16.2. The molecule has 0 bridgehead atoms. The SMILES string of the molecule is CCN1CCC(CNC(=O)CCCCO)CC1. The third-order valence-corrected chi connectivity index (χ3v) is 3.55. The molecular weight excluding hydrogens is 216 g/mol. The third-order valence-electron chi connectivity index (χ3n) is 3.55. The van der Waals surface area contributed by atoms with Gasteiger partial charge in [-0.15, -0.1) is 0 Å². The quantitative estimate of drug-likeness (QED) is 0.655. The van der Waals surface area contributed by atoms with Gasteiger partial charge in [0.2, 0.25) is 5.91 Å². The Morgan fingerprint density at radius 2 is 2.06 bits per heavy atom. The first kappa shape index (κ1) is 14.5. The molecular formula is C13H26N2O2. The zero-order valence-corrected chi connectivity index (χ0v) is 11.0. The summed E-state index contributed by atoms with van der Waals surface area (Å²) in [6, 6.07) is 0. The highest BCUT2D eigenvalue weighted by molar-refractivity contribution is 5.75. The smallest absolute Gasteiger partial charge is 0.220 e. The Labute approximate surface area is 104 Å². The van der Waals surface area contributed by atoms with Crippen LogP contribution in [0.25, 0.3) is 0 Å². The van der Waals surface area contributed by atoms with Crippen molar-refractivity contribution in [1.29, 1.82) is 0 Å². The van der Waals surface area contributed by atoms with Crippen molar-refractivity contribution in [1.82, 2.24) is 10.2 Å². The van der Waals surface area contributed by atoms with Crippen LogP contribution in [0.3, 0.4) is 0 Å². The lowest BCUT2D eigenvalue weighted by molar-refractivity contribution is -0.121. The van der Waals surface area contributed by atoms with E-state index >= 15 is 0 Å². The van der Waals surface area contributed by atoms with E-state index in [0.29, 0.717) is 12.3 Å². The number of rotatable bonds is 7. The van der Waals surface area contributed by atoms with Crippen LogP contribution in [-0.4, -0.2) is 48.7 Å². The second-order valence-electron chi connectivity index (χ2n) is 4.86. The maximum Gasteiger partial charge on any atom is 0.220 e. The molecule has 0 aromatic heterocycles. The highest BCUT2D eigenvalue weighted by Crippen LogP contribution is 2.15. The van der Waals surface area contributed by atoms with E-state index in [1.54, 1.807) is 0 Å². The molecule has 2 N–H and O–H groups in total. The van der Waals surface area contributed by atoms with Gasteiger partial charge in [0.25, 0.3) is 0 Å². The fourth-order valence-electron chi connectivity index (χ4n) is 2.25. The molecule has 1 aliphatic rings. The summed E-state index contributed by atoms with van der Waals surface area (Å²) in [7, 11) is 0. The fourth-order valence-corrected chi connectivity index (χ4v) is 2.25. The maximum absolute atomic E-state index is 11.5. The Bertz CT molecular complexity index is 213. The minimum absolute atomic E-state index is 0.136. The Kier molecular flexibility index (Phi) is 7.21. The van der Waals surface area contributed by atoms with Crippen molar-refractivity contribution in [2.75, 3.05) is 32.8 Å². The van der Waals surface area contributed by atoms with E-state index in [4.69, 9.17) is 5.11 Å². The van der Waals surface area contributed by atoms with Gasteiger partial charge in [0, 0.05) is 19.6 Å². The van der Waals surface area contributed by atoms with Crippen LogP contribution >= 0.6 is 0 Å². The molecule has 0 aromatic carbocycles. The van der Waals surface area contributed by atoms with Gasteiger partial charge < -0.3 is 15.3 Å². The average Bonchev–Trinajstić information content (AvgIpc) is 2.37. The Morgan fingerprint density at radius 1 is 1.35 bits per heavy atom. The summed E-state index contributed by atoms with van der Waals surface area (Å²) in [6.07, 6.45) is 4.46. The van der Waals surface area contributed by atoms with Crippen LogP contribution < -0.4 is 5.32 Å². The predicted molar refractivity (Wildman–Crippen MR) is 68.8 cm³/mol. The van der Waals surface area contributed by atoms with Crippen LogP contribution in [-0.2, 0) is 4.79 Å². The lowest BCUT2D eigenvalue weighted by Crippen LogP contribution is -2.38. The van der Waals surface area contributed by atoms with Crippen LogP contribution in [0.1, 0.15) is 39.0 Å². The lowest BCUT2D eigenvalue weighted by atomic mass is 9.97. The highest BCUT2D eigenvalue weighted by Gasteiger charge is 2.18. The molecule has 0 unspecified atom stereocenters. The molecule has 0 atom stereocenters. The molecule has 4 heteroatoms. The molecule has 1 saturated heterocycles. The number of nitrogens with one attached hydrogen (secondary N) is 1. The van der Waals surface area contributed by atoms with E-state index in [9.17, 15) is 4.79 Å². The first-order valence-corrected chi connectivity index (χ1v) is 6.86. The van der Waals surface area contributed by atoms with Crippen molar-refractivity contribution in [3.63, 3.8) is 0 Å². The van der Waals surface area contributed by atoms with Crippen molar-refractivity contribution in [2.24, 2.45) is 5.92 Å². The standard InChI is InChI=1S/C13H26N2O2/c1-2-15-8-6-12(7-9-15)11-14-13(17)5-3-4-10-16/h12,16H,2-11H2,1H3,(H,14,17). The van der Waals surface area contributed by atoms with Gasteiger partial charge >= 0.3 is 0 Å². The minimum Gasteiger partial charge on any atom is -0.396 e. The molecule has 1 amide bonds. The maximum atomic E-state index is 11.5. The van der Waals surface area contributed by atoms with E-state index in [-0.39, 0.29) is 12.5 Å². The molecule has 1 fully saturated rings. The van der Waals surface area contributed by atoms with Crippen LogP contribution in [0.4, 0.5) is 0 Å². The summed E-state index contributed by atoms with van der Waals surface area (Å²) in [5.74, 6) is 0.788. The summed E-state index contributed by atoms with van der Waals surface area (Å²) in [5.41, 5.74) is 0. The van der Waals surface area contributed by atoms with E-state index in [2.05, 4.69) is 17.1 Å². The van der Waals surface area contributed by atoms with E-state index in [1.807, 2.05) is 0 Å². The Balaban J connectivity index is 2.04. The number of hydrogen-bond donors (Lipinski definition) is 2. The molecule has 0 saturated carbocycles. The number of nitrogens with zero attached hydrogens (tertiary/aromatic N) is 1. The Morgan fingerprint density at radius 3 is 2.65 bits per heavy atom. The zero-order chi connectivity index (χ0) is 12.5. The number of piperidine rings is 1. The number of aliphatic hydroxyl groups excluding tert-OH is 1. The van der Waals surface area contributed by atoms with E-state index < -0.39 is 0 Å². The molecule has 100 valence electrons. The van der Waals surface area contributed by atoms with Gasteiger partial charge in [-0.1, -0.05) is 6.92 Å². The first-order chi connectivity index (χ1) is 8.26. The van der Waals surface area contributed by atoms with Crippen molar-refractivity contribution in [3.05, 3.63) is 0 Å². The second-order valence-corrected chi connectivity index (χ2v) is 4.86. The third kappa shape index (κ3) is 6.03. The van der Waals surface area contributed by atoms with Crippen molar-refractivity contribution >= 4 is 5.91 Å². The Hall–Kier alpha value is -0.610. The van der Waals surface area contributed by atoms with Crippen molar-refractivity contribution < 1.29 is 9.90 Å². The van der Waals surface area contributed by atoms with Crippen LogP contribution in [0.5, 0.6) is 0 Å². The molecule has 1 rings (SSSR count). The van der Waals surface area contributed by atoms with Crippen LogP contribution in [0.2, 0.25) is 0 Å².